The van der Waals surface area contributed by atoms with Gasteiger partial charge in [-0.3, -0.25) is 4.98 Å². The normalized spacial score (nSPS) is 16.2. The lowest BCUT2D eigenvalue weighted by atomic mass is 9.79. The maximum Gasteiger partial charge on any atom is 0.336 e. The van der Waals surface area contributed by atoms with Crippen LogP contribution in [0, 0.1) is 0 Å². The first-order valence-corrected chi connectivity index (χ1v) is 8.55. The Balaban J connectivity index is 1.86. The SMILES string of the molecule is COc1cc2c(c(OC)c1)C(CCc1cnccc1C(=O)O)CCC2. The zero-order chi connectivity index (χ0) is 17.8. The molecule has 0 bridgehead atoms. The largest absolute Gasteiger partial charge is 0.497 e. The van der Waals surface area contributed by atoms with E-state index in [2.05, 4.69) is 11.1 Å². The number of ether oxygens (including phenoxy) is 2. The van der Waals surface area contributed by atoms with Crippen molar-refractivity contribution in [1.82, 2.24) is 4.98 Å². The summed E-state index contributed by atoms with van der Waals surface area (Å²) < 4.78 is 11.0. The highest BCUT2D eigenvalue weighted by Crippen LogP contribution is 2.42. The van der Waals surface area contributed by atoms with E-state index in [0.717, 1.165) is 42.7 Å². The van der Waals surface area contributed by atoms with Gasteiger partial charge in [-0.15, -0.1) is 0 Å². The lowest BCUT2D eigenvalue weighted by Gasteiger charge is -2.28. The molecule has 1 heterocycles. The van der Waals surface area contributed by atoms with Gasteiger partial charge in [0, 0.05) is 24.0 Å². The second-order valence-electron chi connectivity index (χ2n) is 6.37. The molecule has 1 aromatic carbocycles. The molecule has 0 saturated heterocycles. The van der Waals surface area contributed by atoms with Gasteiger partial charge in [-0.2, -0.15) is 0 Å². The summed E-state index contributed by atoms with van der Waals surface area (Å²) in [6, 6.07) is 5.60. The highest BCUT2D eigenvalue weighted by molar-refractivity contribution is 5.89. The monoisotopic (exact) mass is 341 g/mol. The fourth-order valence-corrected chi connectivity index (χ4v) is 3.75. The van der Waals surface area contributed by atoms with E-state index in [4.69, 9.17) is 9.47 Å². The smallest absolute Gasteiger partial charge is 0.336 e. The predicted molar refractivity (Wildman–Crippen MR) is 94.7 cm³/mol. The van der Waals surface area contributed by atoms with Crippen LogP contribution in [0.3, 0.4) is 0 Å². The van der Waals surface area contributed by atoms with Crippen molar-refractivity contribution in [2.24, 2.45) is 0 Å². The number of benzene rings is 1. The number of carbonyl (C=O) groups is 1. The second-order valence-corrected chi connectivity index (χ2v) is 6.37. The second kappa shape index (κ2) is 7.55. The molecule has 2 aromatic rings. The van der Waals surface area contributed by atoms with Crippen molar-refractivity contribution in [3.63, 3.8) is 0 Å². The Kier molecular flexibility index (Phi) is 5.22. The highest BCUT2D eigenvalue weighted by atomic mass is 16.5. The zero-order valence-corrected chi connectivity index (χ0v) is 14.6. The Morgan fingerprint density at radius 3 is 2.88 bits per heavy atom. The topological polar surface area (TPSA) is 68.7 Å². The Hall–Kier alpha value is -2.56. The number of carboxylic acids is 1. The number of hydrogen-bond acceptors (Lipinski definition) is 4. The van der Waals surface area contributed by atoms with E-state index >= 15 is 0 Å². The lowest BCUT2D eigenvalue weighted by Crippen LogP contribution is -2.13. The Bertz CT molecular complexity index is 755. The Morgan fingerprint density at radius 1 is 1.32 bits per heavy atom. The van der Waals surface area contributed by atoms with Crippen molar-refractivity contribution in [3.05, 3.63) is 52.8 Å². The minimum absolute atomic E-state index is 0.340. The highest BCUT2D eigenvalue weighted by Gasteiger charge is 2.25. The number of fused-ring (bicyclic) bond motifs is 1. The Morgan fingerprint density at radius 2 is 2.16 bits per heavy atom. The van der Waals surface area contributed by atoms with Gasteiger partial charge in [0.15, 0.2) is 0 Å². The first kappa shape index (κ1) is 17.3. The van der Waals surface area contributed by atoms with Gasteiger partial charge in [0.2, 0.25) is 0 Å². The standard InChI is InChI=1S/C20H23NO4/c1-24-16-10-14-5-3-4-13(19(14)18(11-16)25-2)6-7-15-12-21-9-8-17(15)20(22)23/h8-13H,3-7H2,1-2H3,(H,22,23). The molecule has 0 aliphatic heterocycles. The number of carboxylic acid groups (broad SMARTS) is 1. The van der Waals surface area contributed by atoms with Crippen LogP contribution in [0.15, 0.2) is 30.6 Å². The van der Waals surface area contributed by atoms with Crippen molar-refractivity contribution in [2.75, 3.05) is 14.2 Å². The number of aryl methyl sites for hydroxylation is 2. The van der Waals surface area contributed by atoms with E-state index in [1.165, 1.54) is 17.3 Å². The molecule has 132 valence electrons. The molecule has 0 saturated carbocycles. The molecule has 5 heteroatoms. The molecule has 0 amide bonds. The minimum atomic E-state index is -0.899. The first-order valence-electron chi connectivity index (χ1n) is 8.55. The zero-order valence-electron chi connectivity index (χ0n) is 14.6. The van der Waals surface area contributed by atoms with Gasteiger partial charge in [-0.25, -0.2) is 4.79 Å². The summed E-state index contributed by atoms with van der Waals surface area (Å²) in [5.41, 5.74) is 3.65. The van der Waals surface area contributed by atoms with Gasteiger partial charge in [0.25, 0.3) is 0 Å². The van der Waals surface area contributed by atoms with Gasteiger partial charge >= 0.3 is 5.97 Å². The van der Waals surface area contributed by atoms with E-state index in [0.29, 0.717) is 17.9 Å². The molecule has 0 radical (unpaired) electrons. The van der Waals surface area contributed by atoms with Crippen LogP contribution < -0.4 is 9.47 Å². The molecule has 1 aliphatic rings. The minimum Gasteiger partial charge on any atom is -0.497 e. The summed E-state index contributed by atoms with van der Waals surface area (Å²) in [5.74, 6) is 1.13. The van der Waals surface area contributed by atoms with Crippen LogP contribution in [0.1, 0.15) is 52.2 Å². The fraction of sp³-hybridized carbons (Fsp3) is 0.400. The summed E-state index contributed by atoms with van der Waals surface area (Å²) >= 11 is 0. The molecule has 1 atom stereocenters. The summed E-state index contributed by atoms with van der Waals surface area (Å²) in [6.07, 6.45) is 7.98. The van der Waals surface area contributed by atoms with Crippen molar-refractivity contribution in [1.29, 1.82) is 0 Å². The average Bonchev–Trinajstić information content (AvgIpc) is 2.65. The third kappa shape index (κ3) is 3.60. The molecule has 3 rings (SSSR count). The van der Waals surface area contributed by atoms with Gasteiger partial charge in [-0.1, -0.05) is 0 Å². The molecule has 1 aromatic heterocycles. The number of pyridine rings is 1. The Labute approximate surface area is 147 Å². The van der Waals surface area contributed by atoms with Crippen LogP contribution in [-0.4, -0.2) is 30.3 Å². The molecule has 1 unspecified atom stereocenters. The van der Waals surface area contributed by atoms with E-state index in [1.807, 2.05) is 6.07 Å². The average molecular weight is 341 g/mol. The number of aromatic nitrogens is 1. The molecule has 1 N–H and O–H groups in total. The van der Waals surface area contributed by atoms with Crippen LogP contribution in [-0.2, 0) is 12.8 Å². The van der Waals surface area contributed by atoms with Crippen molar-refractivity contribution in [3.8, 4) is 11.5 Å². The van der Waals surface area contributed by atoms with Crippen LogP contribution >= 0.6 is 0 Å². The van der Waals surface area contributed by atoms with Crippen LogP contribution in [0.2, 0.25) is 0 Å². The predicted octanol–water partition coefficient (Wildman–Crippen LogP) is 3.85. The summed E-state index contributed by atoms with van der Waals surface area (Å²) in [4.78, 5) is 15.5. The lowest BCUT2D eigenvalue weighted by molar-refractivity contribution is 0.0695. The summed E-state index contributed by atoms with van der Waals surface area (Å²) in [6.45, 7) is 0. The van der Waals surface area contributed by atoms with Gasteiger partial charge in [0.1, 0.15) is 11.5 Å². The van der Waals surface area contributed by atoms with Crippen LogP contribution in [0.4, 0.5) is 0 Å². The van der Waals surface area contributed by atoms with E-state index < -0.39 is 5.97 Å². The molecule has 0 fully saturated rings. The van der Waals surface area contributed by atoms with Gasteiger partial charge < -0.3 is 14.6 Å². The van der Waals surface area contributed by atoms with Crippen molar-refractivity contribution >= 4 is 5.97 Å². The molecule has 0 spiro atoms. The number of aromatic carboxylic acids is 1. The summed E-state index contributed by atoms with van der Waals surface area (Å²) in [7, 11) is 3.35. The molecule has 25 heavy (non-hydrogen) atoms. The fourth-order valence-electron chi connectivity index (χ4n) is 3.75. The number of rotatable bonds is 6. The number of methoxy groups -OCH3 is 2. The molecule has 1 aliphatic carbocycles. The molecule has 5 nitrogen and oxygen atoms in total. The van der Waals surface area contributed by atoms with Crippen molar-refractivity contribution in [2.45, 2.75) is 38.0 Å². The number of hydrogen-bond donors (Lipinski definition) is 1. The molecular formula is C20H23NO4. The van der Waals surface area contributed by atoms with E-state index in [1.54, 1.807) is 26.5 Å². The first-order chi connectivity index (χ1) is 12.1. The quantitative estimate of drug-likeness (QED) is 0.864. The third-order valence-corrected chi connectivity index (χ3v) is 4.96. The van der Waals surface area contributed by atoms with Crippen molar-refractivity contribution < 1.29 is 19.4 Å². The number of nitrogens with zero attached hydrogens (tertiary/aromatic N) is 1. The van der Waals surface area contributed by atoms with E-state index in [9.17, 15) is 9.90 Å². The van der Waals surface area contributed by atoms with E-state index in [-0.39, 0.29) is 0 Å². The maximum atomic E-state index is 11.4. The van der Waals surface area contributed by atoms with Crippen LogP contribution in [0.5, 0.6) is 11.5 Å². The maximum absolute atomic E-state index is 11.4. The summed E-state index contributed by atoms with van der Waals surface area (Å²) in [5, 5.41) is 9.34. The van der Waals surface area contributed by atoms with Gasteiger partial charge in [-0.05, 0) is 61.3 Å². The molecular weight excluding hydrogens is 318 g/mol. The van der Waals surface area contributed by atoms with Crippen LogP contribution in [0.25, 0.3) is 0 Å². The van der Waals surface area contributed by atoms with Gasteiger partial charge in [0.05, 0.1) is 19.8 Å². The third-order valence-electron chi connectivity index (χ3n) is 4.96.